The summed E-state index contributed by atoms with van der Waals surface area (Å²) in [5, 5.41) is 10.5. The van der Waals surface area contributed by atoms with E-state index in [1.54, 1.807) is 0 Å². The highest BCUT2D eigenvalue weighted by molar-refractivity contribution is 6.33. The van der Waals surface area contributed by atoms with Gasteiger partial charge in [-0.15, -0.1) is 0 Å². The molecule has 94 valence electrons. The SMILES string of the molecule is Nc1c(Cl)cccc1C(=O)NCC(F)(F)CO. The molecule has 0 saturated heterocycles. The smallest absolute Gasteiger partial charge is 0.287 e. The molecule has 17 heavy (non-hydrogen) atoms. The minimum Gasteiger partial charge on any atom is -0.397 e. The van der Waals surface area contributed by atoms with Gasteiger partial charge in [-0.05, 0) is 12.1 Å². The largest absolute Gasteiger partial charge is 0.397 e. The van der Waals surface area contributed by atoms with Gasteiger partial charge in [-0.25, -0.2) is 8.78 Å². The van der Waals surface area contributed by atoms with E-state index >= 15 is 0 Å². The van der Waals surface area contributed by atoms with Gasteiger partial charge in [0.2, 0.25) is 0 Å². The molecule has 0 unspecified atom stereocenters. The number of benzene rings is 1. The van der Waals surface area contributed by atoms with Crippen molar-refractivity contribution in [3.63, 3.8) is 0 Å². The summed E-state index contributed by atoms with van der Waals surface area (Å²) in [5.74, 6) is -4.12. The van der Waals surface area contributed by atoms with Crippen LogP contribution in [-0.4, -0.2) is 30.1 Å². The summed E-state index contributed by atoms with van der Waals surface area (Å²) in [4.78, 5) is 11.5. The number of para-hydroxylation sites is 1. The van der Waals surface area contributed by atoms with Crippen LogP contribution in [0.3, 0.4) is 0 Å². The number of amides is 1. The van der Waals surface area contributed by atoms with Crippen LogP contribution < -0.4 is 11.1 Å². The lowest BCUT2D eigenvalue weighted by Gasteiger charge is -2.14. The molecule has 0 aliphatic heterocycles. The lowest BCUT2D eigenvalue weighted by atomic mass is 10.1. The zero-order chi connectivity index (χ0) is 13.1. The van der Waals surface area contributed by atoms with Crippen molar-refractivity contribution >= 4 is 23.2 Å². The Balaban J connectivity index is 2.74. The second-order valence-corrected chi connectivity index (χ2v) is 3.81. The van der Waals surface area contributed by atoms with Crippen molar-refractivity contribution in [3.05, 3.63) is 28.8 Å². The molecular formula is C10H11ClF2N2O2. The van der Waals surface area contributed by atoms with Crippen molar-refractivity contribution in [1.29, 1.82) is 0 Å². The molecular weight excluding hydrogens is 254 g/mol. The van der Waals surface area contributed by atoms with Crippen molar-refractivity contribution in [2.75, 3.05) is 18.9 Å². The van der Waals surface area contributed by atoms with E-state index in [0.29, 0.717) is 0 Å². The predicted octanol–water partition coefficient (Wildman–Crippen LogP) is 1.28. The first-order valence-electron chi connectivity index (χ1n) is 4.68. The minimum atomic E-state index is -3.36. The highest BCUT2D eigenvalue weighted by Crippen LogP contribution is 2.22. The van der Waals surface area contributed by atoms with Crippen molar-refractivity contribution < 1.29 is 18.7 Å². The summed E-state index contributed by atoms with van der Waals surface area (Å²) in [6.45, 7) is -2.30. The van der Waals surface area contributed by atoms with Gasteiger partial charge >= 0.3 is 0 Å². The third-order valence-corrected chi connectivity index (χ3v) is 2.37. The molecule has 0 aromatic heterocycles. The lowest BCUT2D eigenvalue weighted by molar-refractivity contribution is -0.0461. The number of aliphatic hydroxyl groups is 1. The van der Waals surface area contributed by atoms with E-state index in [1.807, 2.05) is 5.32 Å². The molecule has 0 saturated carbocycles. The maximum Gasteiger partial charge on any atom is 0.287 e. The standard InChI is InChI=1S/C10H11ClF2N2O2/c11-7-3-1-2-6(8(7)14)9(17)15-4-10(12,13)5-16/h1-3,16H,4-5,14H2,(H,15,17). The van der Waals surface area contributed by atoms with E-state index in [-0.39, 0.29) is 16.3 Å². The van der Waals surface area contributed by atoms with Gasteiger partial charge in [-0.1, -0.05) is 17.7 Å². The van der Waals surface area contributed by atoms with Crippen LogP contribution in [0, 0.1) is 0 Å². The first-order valence-corrected chi connectivity index (χ1v) is 5.06. The number of nitrogens with one attached hydrogen (secondary N) is 1. The van der Waals surface area contributed by atoms with Crippen LogP contribution in [0.5, 0.6) is 0 Å². The number of hydrogen-bond acceptors (Lipinski definition) is 3. The Morgan fingerprint density at radius 1 is 1.53 bits per heavy atom. The second kappa shape index (κ2) is 5.29. The summed E-state index contributed by atoms with van der Waals surface area (Å²) in [6.07, 6.45) is 0. The lowest BCUT2D eigenvalue weighted by Crippen LogP contribution is -2.39. The van der Waals surface area contributed by atoms with Gasteiger partial charge in [0.15, 0.2) is 0 Å². The van der Waals surface area contributed by atoms with Crippen LogP contribution in [0.1, 0.15) is 10.4 Å². The number of alkyl halides is 2. The van der Waals surface area contributed by atoms with Gasteiger partial charge in [0.25, 0.3) is 11.8 Å². The summed E-state index contributed by atoms with van der Waals surface area (Å²) >= 11 is 5.68. The normalized spacial score (nSPS) is 11.3. The zero-order valence-electron chi connectivity index (χ0n) is 8.71. The molecule has 0 radical (unpaired) electrons. The number of aliphatic hydroxyl groups excluding tert-OH is 1. The van der Waals surface area contributed by atoms with E-state index in [9.17, 15) is 13.6 Å². The van der Waals surface area contributed by atoms with E-state index in [1.165, 1.54) is 18.2 Å². The Morgan fingerprint density at radius 2 is 2.18 bits per heavy atom. The molecule has 4 nitrogen and oxygen atoms in total. The number of rotatable bonds is 4. The maximum absolute atomic E-state index is 12.7. The highest BCUT2D eigenvalue weighted by Gasteiger charge is 2.28. The molecule has 0 spiro atoms. The molecule has 1 aromatic rings. The Kier molecular flexibility index (Phi) is 4.25. The van der Waals surface area contributed by atoms with Crippen LogP contribution in [0.25, 0.3) is 0 Å². The van der Waals surface area contributed by atoms with E-state index in [0.717, 1.165) is 0 Å². The van der Waals surface area contributed by atoms with Crippen molar-refractivity contribution in [1.82, 2.24) is 5.32 Å². The summed E-state index contributed by atoms with van der Waals surface area (Å²) in [5.41, 5.74) is 5.57. The minimum absolute atomic E-state index is 0.0197. The van der Waals surface area contributed by atoms with E-state index in [4.69, 9.17) is 22.4 Å². The van der Waals surface area contributed by atoms with E-state index < -0.39 is 25.0 Å². The number of carbonyl (C=O) groups excluding carboxylic acids is 1. The predicted molar refractivity (Wildman–Crippen MR) is 60.2 cm³/mol. The quantitative estimate of drug-likeness (QED) is 0.717. The molecule has 1 aromatic carbocycles. The van der Waals surface area contributed by atoms with Crippen LogP contribution in [0.2, 0.25) is 5.02 Å². The van der Waals surface area contributed by atoms with Crippen LogP contribution >= 0.6 is 11.6 Å². The molecule has 0 heterocycles. The molecule has 4 N–H and O–H groups in total. The van der Waals surface area contributed by atoms with Crippen LogP contribution in [0.4, 0.5) is 14.5 Å². The Morgan fingerprint density at radius 3 is 2.76 bits per heavy atom. The molecule has 0 bridgehead atoms. The van der Waals surface area contributed by atoms with Gasteiger partial charge in [0.05, 0.1) is 22.8 Å². The number of nitrogens with two attached hydrogens (primary N) is 1. The van der Waals surface area contributed by atoms with E-state index in [2.05, 4.69) is 0 Å². The first kappa shape index (κ1) is 13.7. The molecule has 0 fully saturated rings. The number of halogens is 3. The Hall–Kier alpha value is -1.40. The molecule has 0 aliphatic carbocycles. The van der Waals surface area contributed by atoms with Gasteiger partial charge < -0.3 is 16.2 Å². The monoisotopic (exact) mass is 264 g/mol. The van der Waals surface area contributed by atoms with Crippen LogP contribution in [-0.2, 0) is 0 Å². The number of nitrogen functional groups attached to an aromatic ring is 1. The average Bonchev–Trinajstić information content (AvgIpc) is 2.30. The molecule has 7 heteroatoms. The first-order chi connectivity index (χ1) is 7.87. The number of anilines is 1. The fraction of sp³-hybridized carbons (Fsp3) is 0.300. The van der Waals surface area contributed by atoms with Gasteiger partial charge in [-0.2, -0.15) is 0 Å². The van der Waals surface area contributed by atoms with Crippen molar-refractivity contribution in [2.45, 2.75) is 5.92 Å². The molecule has 0 aliphatic rings. The molecule has 1 amide bonds. The summed E-state index contributed by atoms with van der Waals surface area (Å²) in [7, 11) is 0. The third-order valence-electron chi connectivity index (χ3n) is 2.04. The fourth-order valence-corrected chi connectivity index (χ4v) is 1.27. The number of hydrogen-bond donors (Lipinski definition) is 3. The Bertz CT molecular complexity index is 427. The maximum atomic E-state index is 12.7. The van der Waals surface area contributed by atoms with Gasteiger partial charge in [0.1, 0.15) is 6.61 Å². The second-order valence-electron chi connectivity index (χ2n) is 3.40. The third kappa shape index (κ3) is 3.54. The van der Waals surface area contributed by atoms with Crippen molar-refractivity contribution in [2.24, 2.45) is 0 Å². The zero-order valence-corrected chi connectivity index (χ0v) is 9.47. The Labute approximate surface area is 101 Å². The van der Waals surface area contributed by atoms with Crippen LogP contribution in [0.15, 0.2) is 18.2 Å². The summed E-state index contributed by atoms with van der Waals surface area (Å²) in [6, 6.07) is 4.33. The molecule has 0 atom stereocenters. The fourth-order valence-electron chi connectivity index (χ4n) is 1.10. The van der Waals surface area contributed by atoms with Gasteiger partial charge in [0, 0.05) is 0 Å². The van der Waals surface area contributed by atoms with Crippen molar-refractivity contribution in [3.8, 4) is 0 Å². The molecule has 1 rings (SSSR count). The average molecular weight is 265 g/mol. The number of carbonyl (C=O) groups is 1. The summed E-state index contributed by atoms with van der Waals surface area (Å²) < 4.78 is 25.4. The topological polar surface area (TPSA) is 75.4 Å². The van der Waals surface area contributed by atoms with Gasteiger partial charge in [-0.3, -0.25) is 4.79 Å². The highest BCUT2D eigenvalue weighted by atomic mass is 35.5.